The summed E-state index contributed by atoms with van der Waals surface area (Å²) < 4.78 is 0. The van der Waals surface area contributed by atoms with Crippen molar-refractivity contribution in [2.45, 2.75) is 45.2 Å². The predicted molar refractivity (Wildman–Crippen MR) is 100 cm³/mol. The Bertz CT molecular complexity index is 698. The SMILES string of the molecule is CC[C@H](C)c1ccc([C@H]([NH2+][C@@H](C)C(=O)NC(N)=O)c2cccs2)cc1. The van der Waals surface area contributed by atoms with Crippen LogP contribution in [0.25, 0.3) is 0 Å². The van der Waals surface area contributed by atoms with Gasteiger partial charge in [0.15, 0.2) is 6.04 Å². The molecule has 5 nitrogen and oxygen atoms in total. The van der Waals surface area contributed by atoms with Crippen molar-refractivity contribution in [3.63, 3.8) is 0 Å². The largest absolute Gasteiger partial charge is 0.351 e. The van der Waals surface area contributed by atoms with E-state index in [1.165, 1.54) is 5.56 Å². The normalized spacial score (nSPS) is 14.5. The molecule has 3 amide bonds. The Balaban J connectivity index is 2.22. The first-order valence-electron chi connectivity index (χ1n) is 8.50. The zero-order valence-electron chi connectivity index (χ0n) is 14.9. The number of quaternary nitrogens is 1. The molecule has 0 saturated carbocycles. The molecule has 25 heavy (non-hydrogen) atoms. The fourth-order valence-corrected chi connectivity index (χ4v) is 3.55. The lowest BCUT2D eigenvalue weighted by atomic mass is 9.95. The Hall–Kier alpha value is -2.18. The molecule has 134 valence electrons. The summed E-state index contributed by atoms with van der Waals surface area (Å²) in [7, 11) is 0. The van der Waals surface area contributed by atoms with Crippen molar-refractivity contribution in [2.75, 3.05) is 0 Å². The van der Waals surface area contributed by atoms with E-state index >= 15 is 0 Å². The van der Waals surface area contributed by atoms with E-state index in [9.17, 15) is 9.59 Å². The van der Waals surface area contributed by atoms with E-state index in [-0.39, 0.29) is 11.9 Å². The number of primary amides is 1. The lowest BCUT2D eigenvalue weighted by Crippen LogP contribution is -2.92. The number of carbonyl (C=O) groups excluding carboxylic acids is 2. The molecule has 0 unspecified atom stereocenters. The average Bonchev–Trinajstić information content (AvgIpc) is 3.12. The van der Waals surface area contributed by atoms with E-state index in [1.54, 1.807) is 18.3 Å². The van der Waals surface area contributed by atoms with E-state index < -0.39 is 12.1 Å². The van der Waals surface area contributed by atoms with Crippen molar-refractivity contribution in [1.82, 2.24) is 5.32 Å². The molecule has 0 saturated heterocycles. The smallest absolute Gasteiger partial charge is 0.319 e. The highest BCUT2D eigenvalue weighted by molar-refractivity contribution is 7.10. The zero-order valence-corrected chi connectivity index (χ0v) is 15.7. The fraction of sp³-hybridized carbons (Fsp3) is 0.368. The topological polar surface area (TPSA) is 88.8 Å². The molecule has 0 bridgehead atoms. The predicted octanol–water partition coefficient (Wildman–Crippen LogP) is 2.50. The van der Waals surface area contributed by atoms with Gasteiger partial charge in [-0.25, -0.2) is 4.79 Å². The Morgan fingerprint density at radius 2 is 1.80 bits per heavy atom. The van der Waals surface area contributed by atoms with Crippen molar-refractivity contribution in [1.29, 1.82) is 0 Å². The van der Waals surface area contributed by atoms with Gasteiger partial charge in [0, 0.05) is 5.56 Å². The molecule has 0 aliphatic heterocycles. The first-order chi connectivity index (χ1) is 11.9. The zero-order chi connectivity index (χ0) is 18.4. The van der Waals surface area contributed by atoms with E-state index in [2.05, 4.69) is 49.5 Å². The van der Waals surface area contributed by atoms with Gasteiger partial charge in [0.05, 0.1) is 4.88 Å². The monoisotopic (exact) mass is 360 g/mol. The van der Waals surface area contributed by atoms with Crippen LogP contribution in [0.2, 0.25) is 0 Å². The number of imide groups is 1. The second-order valence-electron chi connectivity index (χ2n) is 6.30. The fourth-order valence-electron chi connectivity index (χ4n) is 2.72. The minimum absolute atomic E-state index is 0.000362. The van der Waals surface area contributed by atoms with E-state index in [0.717, 1.165) is 16.9 Å². The van der Waals surface area contributed by atoms with Crippen LogP contribution in [-0.4, -0.2) is 18.0 Å². The van der Waals surface area contributed by atoms with Gasteiger partial charge in [-0.2, -0.15) is 0 Å². The van der Waals surface area contributed by atoms with Crippen LogP contribution in [0.4, 0.5) is 4.79 Å². The van der Waals surface area contributed by atoms with Gasteiger partial charge < -0.3 is 11.1 Å². The van der Waals surface area contributed by atoms with Crippen molar-refractivity contribution in [3.8, 4) is 0 Å². The summed E-state index contributed by atoms with van der Waals surface area (Å²) in [5.74, 6) is 0.142. The molecule has 2 aromatic rings. The van der Waals surface area contributed by atoms with Gasteiger partial charge in [-0.05, 0) is 36.3 Å². The summed E-state index contributed by atoms with van der Waals surface area (Å²) in [6.07, 6.45) is 1.10. The Labute approximate surface area is 152 Å². The average molecular weight is 361 g/mol. The second-order valence-corrected chi connectivity index (χ2v) is 7.28. The molecule has 0 radical (unpaired) electrons. The first-order valence-corrected chi connectivity index (χ1v) is 9.38. The molecule has 0 aliphatic rings. The highest BCUT2D eigenvalue weighted by atomic mass is 32.1. The molecular weight excluding hydrogens is 334 g/mol. The lowest BCUT2D eigenvalue weighted by molar-refractivity contribution is -0.704. The maximum atomic E-state index is 12.0. The number of nitrogens with one attached hydrogen (secondary N) is 1. The summed E-state index contributed by atoms with van der Waals surface area (Å²) in [6, 6.07) is 11.4. The van der Waals surface area contributed by atoms with Crippen LogP contribution in [0.15, 0.2) is 41.8 Å². The molecular formula is C19H26N3O2S+. The Morgan fingerprint density at radius 1 is 1.16 bits per heavy atom. The summed E-state index contributed by atoms with van der Waals surface area (Å²) in [5, 5.41) is 6.13. The van der Waals surface area contributed by atoms with Crippen molar-refractivity contribution < 1.29 is 14.9 Å². The van der Waals surface area contributed by atoms with Gasteiger partial charge in [-0.15, -0.1) is 11.3 Å². The summed E-state index contributed by atoms with van der Waals surface area (Å²) in [5.41, 5.74) is 7.49. The number of rotatable bonds is 7. The van der Waals surface area contributed by atoms with E-state index in [4.69, 9.17) is 5.73 Å². The Morgan fingerprint density at radius 3 is 2.32 bits per heavy atom. The molecule has 5 N–H and O–H groups in total. The van der Waals surface area contributed by atoms with Crippen LogP contribution in [-0.2, 0) is 4.79 Å². The minimum Gasteiger partial charge on any atom is -0.351 e. The maximum absolute atomic E-state index is 12.0. The standard InChI is InChI=1S/C19H25N3O2S/c1-4-12(2)14-7-9-15(10-8-14)17(16-6-5-11-25-16)21-13(3)18(23)22-19(20)24/h5-13,17,21H,4H2,1-3H3,(H3,20,22,23,24)/p+1/t12-,13-,17-/m0/s1. The van der Waals surface area contributed by atoms with Crippen molar-refractivity contribution in [2.24, 2.45) is 5.73 Å². The van der Waals surface area contributed by atoms with Gasteiger partial charge in [0.1, 0.15) is 6.04 Å². The number of nitrogens with two attached hydrogens (primary N) is 2. The first kappa shape index (κ1) is 19.1. The number of carbonyl (C=O) groups is 2. The minimum atomic E-state index is -0.823. The number of urea groups is 1. The summed E-state index contributed by atoms with van der Waals surface area (Å²) >= 11 is 1.65. The maximum Gasteiger partial charge on any atom is 0.319 e. The molecule has 2 rings (SSSR count). The number of thiophene rings is 1. The van der Waals surface area contributed by atoms with Gasteiger partial charge in [-0.1, -0.05) is 44.2 Å². The highest BCUT2D eigenvalue weighted by Gasteiger charge is 2.26. The molecule has 0 aliphatic carbocycles. The van der Waals surface area contributed by atoms with Crippen molar-refractivity contribution >= 4 is 23.3 Å². The van der Waals surface area contributed by atoms with Crippen molar-refractivity contribution in [3.05, 3.63) is 57.8 Å². The van der Waals surface area contributed by atoms with Gasteiger partial charge in [0.2, 0.25) is 0 Å². The summed E-state index contributed by atoms with van der Waals surface area (Å²) in [4.78, 5) is 24.1. The molecule has 1 aromatic carbocycles. The van der Waals surface area contributed by atoms with Gasteiger partial charge in [-0.3, -0.25) is 10.1 Å². The van der Waals surface area contributed by atoms with Crippen LogP contribution in [0.1, 0.15) is 55.2 Å². The van der Waals surface area contributed by atoms with Crippen LogP contribution in [0.5, 0.6) is 0 Å². The number of benzene rings is 1. The van der Waals surface area contributed by atoms with Crippen LogP contribution >= 0.6 is 11.3 Å². The third-order valence-corrected chi connectivity index (χ3v) is 5.42. The van der Waals surface area contributed by atoms with Gasteiger partial charge >= 0.3 is 6.03 Å². The molecule has 1 heterocycles. The van der Waals surface area contributed by atoms with Gasteiger partial charge in [0.25, 0.3) is 5.91 Å². The summed E-state index contributed by atoms with van der Waals surface area (Å²) in [6.45, 7) is 6.17. The number of hydrogen-bond acceptors (Lipinski definition) is 3. The molecule has 1 aromatic heterocycles. The highest BCUT2D eigenvalue weighted by Crippen LogP contribution is 2.25. The number of hydrogen-bond donors (Lipinski definition) is 3. The van der Waals surface area contributed by atoms with Crippen LogP contribution in [0.3, 0.4) is 0 Å². The van der Waals surface area contributed by atoms with Crippen LogP contribution in [0, 0.1) is 0 Å². The lowest BCUT2D eigenvalue weighted by Gasteiger charge is -2.19. The third kappa shape index (κ3) is 5.14. The molecule has 6 heteroatoms. The molecule has 0 spiro atoms. The number of amides is 3. The third-order valence-electron chi connectivity index (χ3n) is 4.47. The quantitative estimate of drug-likeness (QED) is 0.708. The van der Waals surface area contributed by atoms with E-state index in [0.29, 0.717) is 5.92 Å². The van der Waals surface area contributed by atoms with E-state index in [1.807, 2.05) is 16.8 Å². The second kappa shape index (κ2) is 8.78. The Kier molecular flexibility index (Phi) is 6.73. The van der Waals surface area contributed by atoms with Crippen LogP contribution < -0.4 is 16.4 Å². The molecule has 0 fully saturated rings. The molecule has 3 atom stereocenters.